The van der Waals surface area contributed by atoms with Gasteiger partial charge >= 0.3 is 0 Å². The molecule has 6 aromatic rings. The maximum atomic E-state index is 15.4. The van der Waals surface area contributed by atoms with Crippen LogP contribution in [0.4, 0.5) is 87.8 Å². The quantitative estimate of drug-likeness (QED) is 0.0576. The molecule has 0 aliphatic rings. The summed E-state index contributed by atoms with van der Waals surface area (Å²) in [4.78, 5) is 9.41. The lowest BCUT2D eigenvalue weighted by Gasteiger charge is -2.44. The first-order valence-corrected chi connectivity index (χ1v) is 15.3. The van der Waals surface area contributed by atoms with Crippen LogP contribution in [0.15, 0.2) is 49.1 Å². The predicted molar refractivity (Wildman–Crippen MR) is 161 cm³/mol. The molecule has 0 N–H and O–H groups in total. The zero-order valence-corrected chi connectivity index (χ0v) is 28.1. The smallest absolute Gasteiger partial charge is 0.241 e. The molecule has 0 saturated carbocycles. The summed E-state index contributed by atoms with van der Waals surface area (Å²) >= 11 is 0. The van der Waals surface area contributed by atoms with Crippen molar-refractivity contribution in [1.29, 1.82) is 0 Å². The fourth-order valence-corrected chi connectivity index (χ4v) is 5.96. The lowest BCUT2D eigenvalue weighted by Crippen LogP contribution is -2.81. The van der Waals surface area contributed by atoms with E-state index >= 15 is 35.1 Å². The molecular formula is C35H11BF20N2O. The molecule has 6 rings (SSSR count). The van der Waals surface area contributed by atoms with E-state index in [0.29, 0.717) is 0 Å². The van der Waals surface area contributed by atoms with E-state index in [2.05, 4.69) is 4.98 Å². The third-order valence-electron chi connectivity index (χ3n) is 8.54. The molecule has 3 nitrogen and oxygen atoms in total. The van der Waals surface area contributed by atoms with Crippen LogP contribution in [0.25, 0.3) is 0 Å². The topological polar surface area (TPSA) is 26.0 Å². The van der Waals surface area contributed by atoms with Gasteiger partial charge in [0.2, 0.25) is 18.1 Å². The van der Waals surface area contributed by atoms with Gasteiger partial charge in [-0.05, 0) is 19.1 Å². The lowest BCUT2D eigenvalue weighted by molar-refractivity contribution is -0.875. The van der Waals surface area contributed by atoms with Crippen molar-refractivity contribution in [3.05, 3.63) is 171 Å². The van der Waals surface area contributed by atoms with Crippen molar-refractivity contribution >= 4 is 28.0 Å². The maximum Gasteiger partial charge on any atom is 0.241 e. The van der Waals surface area contributed by atoms with E-state index in [1.54, 1.807) is 29.5 Å². The fourth-order valence-electron chi connectivity index (χ4n) is 5.96. The van der Waals surface area contributed by atoms with Crippen LogP contribution in [0.5, 0.6) is 5.75 Å². The molecule has 0 amide bonds. The van der Waals surface area contributed by atoms with Gasteiger partial charge in [-0.25, -0.2) is 92.6 Å². The summed E-state index contributed by atoms with van der Waals surface area (Å²) in [5.41, 5.74) is -13.1. The molecule has 0 bridgehead atoms. The predicted octanol–water partition coefficient (Wildman–Crippen LogP) is 7.37. The summed E-state index contributed by atoms with van der Waals surface area (Å²) in [5, 5.41) is 0. The van der Waals surface area contributed by atoms with Crippen LogP contribution < -0.4 is 31.4 Å². The van der Waals surface area contributed by atoms with Gasteiger partial charge in [0.05, 0.1) is 12.4 Å². The number of aryl methyl sites for hydroxylation is 1. The Morgan fingerprint density at radius 1 is 0.356 bits per heavy atom. The van der Waals surface area contributed by atoms with Gasteiger partial charge < -0.3 is 0 Å². The maximum absolute atomic E-state index is 15.4. The largest absolute Gasteiger partial charge is 0.252 e. The highest BCUT2D eigenvalue weighted by Crippen LogP contribution is 2.30. The number of hydrogen-bond acceptors (Lipinski definition) is 2. The number of nitrogens with zero attached hydrogens (tertiary/aromatic N) is 2. The molecule has 0 spiro atoms. The fraction of sp³-hybridized carbons (Fsp3) is 0.0286. The van der Waals surface area contributed by atoms with Crippen molar-refractivity contribution in [1.82, 2.24) is 4.98 Å². The summed E-state index contributed by atoms with van der Waals surface area (Å²) < 4.78 is 296. The normalized spacial score (nSPS) is 11.5. The molecule has 1 heterocycles. The summed E-state index contributed by atoms with van der Waals surface area (Å²) in [6.45, 7) is 2.04. The minimum Gasteiger partial charge on any atom is -0.252 e. The van der Waals surface area contributed by atoms with Gasteiger partial charge in [0.15, 0.2) is 69.8 Å². The van der Waals surface area contributed by atoms with E-state index in [0.717, 1.165) is 5.75 Å². The molecule has 0 saturated heterocycles. The first-order chi connectivity index (χ1) is 27.5. The van der Waals surface area contributed by atoms with E-state index in [9.17, 15) is 52.7 Å². The average Bonchev–Trinajstić information content (AvgIpc) is 3.22. The molecular weight excluding hydrogens is 855 g/mol. The molecule has 0 radical (unpaired) electrons. The third-order valence-corrected chi connectivity index (χ3v) is 8.54. The first-order valence-electron chi connectivity index (χ1n) is 15.3. The zero-order valence-electron chi connectivity index (χ0n) is 28.1. The Morgan fingerprint density at radius 2 is 0.576 bits per heavy atom. The molecule has 1 aromatic heterocycles. The molecule has 310 valence electrons. The van der Waals surface area contributed by atoms with Gasteiger partial charge in [0.1, 0.15) is 52.7 Å². The number of hydrogen-bond donors (Lipinski definition) is 0. The number of aromatic nitrogens is 2. The second kappa shape index (κ2) is 16.1. The Balaban J connectivity index is 0.000000395. The third kappa shape index (κ3) is 6.92. The SMILES string of the molecule is Cc1ccc(O[n+]2ccncc2)cc1.Fc1c(F)c(F)c([B-](c2c(F)c(F)c(F)c(F)c2F)(c2c(F)c(F)c(F)c(F)c2F)c2c(F)c(F)c(F)c(F)c2F)c(F)c1F. The summed E-state index contributed by atoms with van der Waals surface area (Å²) in [5.74, 6) is -70.6. The van der Waals surface area contributed by atoms with Crippen LogP contribution in [0.3, 0.4) is 0 Å². The van der Waals surface area contributed by atoms with Gasteiger partial charge in [-0.15, -0.1) is 21.9 Å². The zero-order chi connectivity index (χ0) is 44.2. The van der Waals surface area contributed by atoms with Gasteiger partial charge in [-0.1, -0.05) is 17.7 Å². The summed E-state index contributed by atoms with van der Waals surface area (Å²) in [7, 11) is 0. The molecule has 0 atom stereocenters. The van der Waals surface area contributed by atoms with E-state index < -0.39 is 144 Å². The van der Waals surface area contributed by atoms with E-state index in [-0.39, 0.29) is 0 Å². The Kier molecular flexibility index (Phi) is 12.0. The van der Waals surface area contributed by atoms with Gasteiger partial charge in [0, 0.05) is 4.73 Å². The molecule has 5 aromatic carbocycles. The van der Waals surface area contributed by atoms with Crippen molar-refractivity contribution in [2.24, 2.45) is 0 Å². The van der Waals surface area contributed by atoms with E-state index in [1.807, 2.05) is 31.2 Å². The van der Waals surface area contributed by atoms with Crippen LogP contribution in [0.2, 0.25) is 0 Å². The molecule has 59 heavy (non-hydrogen) atoms. The van der Waals surface area contributed by atoms with Crippen molar-refractivity contribution < 1.29 is 97.4 Å². The minimum absolute atomic E-state index is 0.812. The van der Waals surface area contributed by atoms with E-state index in [1.165, 1.54) is 5.56 Å². The minimum atomic E-state index is -7.22. The molecule has 0 aliphatic heterocycles. The van der Waals surface area contributed by atoms with Gasteiger partial charge in [-0.3, -0.25) is 4.98 Å². The van der Waals surface area contributed by atoms with Crippen molar-refractivity contribution in [2.75, 3.05) is 0 Å². The Morgan fingerprint density at radius 3 is 0.814 bits per heavy atom. The highest BCUT2D eigenvalue weighted by atomic mass is 19.2. The molecule has 0 fully saturated rings. The van der Waals surface area contributed by atoms with Crippen LogP contribution >= 0.6 is 0 Å². The monoisotopic (exact) mass is 866 g/mol. The van der Waals surface area contributed by atoms with Crippen LogP contribution in [0, 0.1) is 123 Å². The van der Waals surface area contributed by atoms with Crippen LogP contribution in [0.1, 0.15) is 5.56 Å². The molecule has 24 heteroatoms. The number of rotatable bonds is 6. The Hall–Kier alpha value is -6.36. The first kappa shape index (κ1) is 43.8. The highest BCUT2D eigenvalue weighted by molar-refractivity contribution is 7.20. The molecule has 0 aliphatic carbocycles. The number of benzene rings is 5. The Bertz CT molecular complexity index is 2260. The van der Waals surface area contributed by atoms with E-state index in [4.69, 9.17) is 4.84 Å². The van der Waals surface area contributed by atoms with Crippen LogP contribution in [-0.4, -0.2) is 11.1 Å². The summed E-state index contributed by atoms with van der Waals surface area (Å²) in [6, 6.07) is 7.89. The van der Waals surface area contributed by atoms with Crippen molar-refractivity contribution in [3.8, 4) is 5.75 Å². The van der Waals surface area contributed by atoms with Crippen molar-refractivity contribution in [3.63, 3.8) is 0 Å². The second-order valence-corrected chi connectivity index (χ2v) is 11.8. The van der Waals surface area contributed by atoms with Crippen LogP contribution in [-0.2, 0) is 0 Å². The Labute approximate surface area is 314 Å². The summed E-state index contributed by atoms with van der Waals surface area (Å²) in [6.07, 6.45) is -0.368. The van der Waals surface area contributed by atoms with Gasteiger partial charge in [-0.2, -0.15) is 0 Å². The highest BCUT2D eigenvalue weighted by Gasteiger charge is 2.52. The number of halogens is 20. The lowest BCUT2D eigenvalue weighted by atomic mass is 9.12. The van der Waals surface area contributed by atoms with Crippen molar-refractivity contribution in [2.45, 2.75) is 6.92 Å². The standard InChI is InChI=1S/C24BF20.C11H11N2O/c26-5-1(6(27)14(35)21(42)13(5)34)25(2-7(28)15(36)22(43)16(37)8(2)29,3-9(30)17(38)23(44)18(39)10(3)31)4-11(32)19(40)24(45)20(41)12(4)33;1-10-2-4-11(5-3-10)14-13-8-6-12-7-9-13/h;2-9H,1H3/q-1;+1. The average molecular weight is 866 g/mol. The van der Waals surface area contributed by atoms with Gasteiger partial charge in [0.25, 0.3) is 0 Å². The second-order valence-electron chi connectivity index (χ2n) is 11.8. The molecule has 0 unspecified atom stereocenters.